The van der Waals surface area contributed by atoms with Gasteiger partial charge in [0.25, 0.3) is 0 Å². The van der Waals surface area contributed by atoms with E-state index in [-0.39, 0.29) is 24.1 Å². The molecule has 1 atom stereocenters. The SMILES string of the molecule is COc1cc(F)ccc1NC(=O)CCC1CCCN1.Cl. The Hall–Kier alpha value is -1.33. The van der Waals surface area contributed by atoms with E-state index in [1.165, 1.54) is 31.7 Å². The molecule has 4 nitrogen and oxygen atoms in total. The summed E-state index contributed by atoms with van der Waals surface area (Å²) in [5, 5.41) is 6.11. The zero-order chi connectivity index (χ0) is 13.7. The van der Waals surface area contributed by atoms with Crippen LogP contribution in [0, 0.1) is 5.82 Å². The molecule has 0 radical (unpaired) electrons. The van der Waals surface area contributed by atoms with E-state index in [4.69, 9.17) is 4.74 Å². The zero-order valence-corrected chi connectivity index (χ0v) is 12.3. The van der Waals surface area contributed by atoms with E-state index in [2.05, 4.69) is 10.6 Å². The van der Waals surface area contributed by atoms with Crippen molar-refractivity contribution < 1.29 is 13.9 Å². The summed E-state index contributed by atoms with van der Waals surface area (Å²) >= 11 is 0. The summed E-state index contributed by atoms with van der Waals surface area (Å²) in [6, 6.07) is 4.52. The van der Waals surface area contributed by atoms with E-state index in [1.54, 1.807) is 0 Å². The quantitative estimate of drug-likeness (QED) is 0.879. The van der Waals surface area contributed by atoms with Crippen LogP contribution in [-0.2, 0) is 4.79 Å². The lowest BCUT2D eigenvalue weighted by atomic mass is 10.1. The minimum Gasteiger partial charge on any atom is -0.494 e. The summed E-state index contributed by atoms with van der Waals surface area (Å²) < 4.78 is 18.1. The third-order valence-corrected chi connectivity index (χ3v) is 3.32. The molecular weight excluding hydrogens is 283 g/mol. The number of carbonyl (C=O) groups excluding carboxylic acids is 1. The van der Waals surface area contributed by atoms with Crippen LogP contribution in [0.1, 0.15) is 25.7 Å². The molecule has 1 aromatic carbocycles. The lowest BCUT2D eigenvalue weighted by Crippen LogP contribution is -2.23. The van der Waals surface area contributed by atoms with E-state index in [9.17, 15) is 9.18 Å². The van der Waals surface area contributed by atoms with Gasteiger partial charge < -0.3 is 15.4 Å². The van der Waals surface area contributed by atoms with Crippen molar-refractivity contribution in [2.45, 2.75) is 31.7 Å². The highest BCUT2D eigenvalue weighted by Crippen LogP contribution is 2.25. The largest absolute Gasteiger partial charge is 0.494 e. The Morgan fingerprint density at radius 1 is 1.55 bits per heavy atom. The van der Waals surface area contributed by atoms with Crippen molar-refractivity contribution in [3.05, 3.63) is 24.0 Å². The Morgan fingerprint density at radius 2 is 2.35 bits per heavy atom. The van der Waals surface area contributed by atoms with Crippen molar-refractivity contribution in [2.75, 3.05) is 19.0 Å². The van der Waals surface area contributed by atoms with Gasteiger partial charge in [-0.05, 0) is 37.9 Å². The van der Waals surface area contributed by atoms with Crippen LogP contribution in [0.15, 0.2) is 18.2 Å². The lowest BCUT2D eigenvalue weighted by Gasteiger charge is -2.12. The minimum absolute atomic E-state index is 0. The first-order valence-electron chi connectivity index (χ1n) is 6.56. The molecule has 1 unspecified atom stereocenters. The maximum absolute atomic E-state index is 13.0. The first-order valence-corrected chi connectivity index (χ1v) is 6.56. The Balaban J connectivity index is 0.00000200. The van der Waals surface area contributed by atoms with Gasteiger partial charge in [-0.1, -0.05) is 0 Å². The fraction of sp³-hybridized carbons (Fsp3) is 0.500. The van der Waals surface area contributed by atoms with Crippen molar-refractivity contribution in [1.82, 2.24) is 5.32 Å². The molecule has 0 aromatic heterocycles. The predicted molar refractivity (Wildman–Crippen MR) is 79.1 cm³/mol. The number of amides is 1. The number of carbonyl (C=O) groups is 1. The molecule has 1 saturated heterocycles. The molecule has 0 aliphatic carbocycles. The second-order valence-electron chi connectivity index (χ2n) is 4.72. The van der Waals surface area contributed by atoms with Gasteiger partial charge in [0.05, 0.1) is 12.8 Å². The smallest absolute Gasteiger partial charge is 0.224 e. The van der Waals surface area contributed by atoms with Crippen LogP contribution < -0.4 is 15.4 Å². The number of ether oxygens (including phenoxy) is 1. The number of benzene rings is 1. The van der Waals surface area contributed by atoms with Crippen LogP contribution in [0.5, 0.6) is 5.75 Å². The second kappa shape index (κ2) is 8.07. The van der Waals surface area contributed by atoms with Crippen LogP contribution in [-0.4, -0.2) is 25.6 Å². The monoisotopic (exact) mass is 302 g/mol. The summed E-state index contributed by atoms with van der Waals surface area (Å²) in [6.07, 6.45) is 3.60. The number of halogens is 2. The van der Waals surface area contributed by atoms with Gasteiger partial charge in [-0.3, -0.25) is 4.79 Å². The number of hydrogen-bond acceptors (Lipinski definition) is 3. The predicted octanol–water partition coefficient (Wildman–Crippen LogP) is 2.73. The van der Waals surface area contributed by atoms with Crippen molar-refractivity contribution in [3.63, 3.8) is 0 Å². The van der Waals surface area contributed by atoms with Gasteiger partial charge in [0.15, 0.2) is 0 Å². The summed E-state index contributed by atoms with van der Waals surface area (Å²) in [6.45, 7) is 1.04. The van der Waals surface area contributed by atoms with Crippen LogP contribution in [0.3, 0.4) is 0 Å². The molecule has 1 aliphatic heterocycles. The van der Waals surface area contributed by atoms with Crippen LogP contribution in [0.25, 0.3) is 0 Å². The minimum atomic E-state index is -0.384. The summed E-state index contributed by atoms with van der Waals surface area (Å²) in [5.41, 5.74) is 0.508. The first kappa shape index (κ1) is 16.7. The molecule has 1 fully saturated rings. The standard InChI is InChI=1S/C14H19FN2O2.ClH/c1-19-13-9-10(15)4-6-12(13)17-14(18)7-5-11-3-2-8-16-11;/h4,6,9,11,16H,2-3,5,7-8H2,1H3,(H,17,18);1H. The van der Waals surface area contributed by atoms with Crippen LogP contribution in [0.2, 0.25) is 0 Å². The number of nitrogens with one attached hydrogen (secondary N) is 2. The molecule has 0 saturated carbocycles. The van der Waals surface area contributed by atoms with Gasteiger partial charge >= 0.3 is 0 Å². The number of anilines is 1. The molecule has 1 heterocycles. The Bertz CT molecular complexity index is 451. The van der Waals surface area contributed by atoms with Gasteiger partial charge in [0, 0.05) is 18.5 Å². The highest BCUT2D eigenvalue weighted by Gasteiger charge is 2.16. The number of rotatable bonds is 5. The first-order chi connectivity index (χ1) is 9.19. The normalized spacial score (nSPS) is 17.4. The fourth-order valence-electron chi connectivity index (χ4n) is 2.29. The topological polar surface area (TPSA) is 50.4 Å². The van der Waals surface area contributed by atoms with Crippen molar-refractivity contribution in [3.8, 4) is 5.75 Å². The lowest BCUT2D eigenvalue weighted by molar-refractivity contribution is -0.116. The average molecular weight is 303 g/mol. The number of hydrogen-bond donors (Lipinski definition) is 2. The van der Waals surface area contributed by atoms with Gasteiger partial charge in [0.2, 0.25) is 5.91 Å². The van der Waals surface area contributed by atoms with E-state index in [0.29, 0.717) is 23.9 Å². The van der Waals surface area contributed by atoms with Crippen LogP contribution in [0.4, 0.5) is 10.1 Å². The van der Waals surface area contributed by atoms with E-state index in [1.807, 2.05) is 0 Å². The van der Waals surface area contributed by atoms with Crippen LogP contribution >= 0.6 is 12.4 Å². The van der Waals surface area contributed by atoms with Gasteiger partial charge in [-0.15, -0.1) is 12.4 Å². The van der Waals surface area contributed by atoms with Crippen molar-refractivity contribution in [2.24, 2.45) is 0 Å². The maximum atomic E-state index is 13.0. The molecular formula is C14H20ClFN2O2. The molecule has 1 amide bonds. The highest BCUT2D eigenvalue weighted by molar-refractivity contribution is 5.92. The summed E-state index contributed by atoms with van der Waals surface area (Å²) in [7, 11) is 1.45. The maximum Gasteiger partial charge on any atom is 0.224 e. The number of methoxy groups -OCH3 is 1. The van der Waals surface area contributed by atoms with E-state index in [0.717, 1.165) is 19.4 Å². The molecule has 112 valence electrons. The second-order valence-corrected chi connectivity index (χ2v) is 4.72. The molecule has 1 aliphatic rings. The average Bonchev–Trinajstić information content (AvgIpc) is 2.91. The summed E-state index contributed by atoms with van der Waals surface area (Å²) in [4.78, 5) is 11.8. The van der Waals surface area contributed by atoms with Gasteiger partial charge in [-0.2, -0.15) is 0 Å². The zero-order valence-electron chi connectivity index (χ0n) is 11.4. The molecule has 20 heavy (non-hydrogen) atoms. The van der Waals surface area contributed by atoms with E-state index >= 15 is 0 Å². The van der Waals surface area contributed by atoms with Crippen molar-refractivity contribution >= 4 is 24.0 Å². The molecule has 0 spiro atoms. The third-order valence-electron chi connectivity index (χ3n) is 3.32. The van der Waals surface area contributed by atoms with E-state index < -0.39 is 0 Å². The van der Waals surface area contributed by atoms with Crippen molar-refractivity contribution in [1.29, 1.82) is 0 Å². The molecule has 6 heteroatoms. The fourth-order valence-corrected chi connectivity index (χ4v) is 2.29. The molecule has 2 N–H and O–H groups in total. The summed E-state index contributed by atoms with van der Waals surface area (Å²) in [5.74, 6) is -0.115. The highest BCUT2D eigenvalue weighted by atomic mass is 35.5. The Morgan fingerprint density at radius 3 is 3.00 bits per heavy atom. The molecule has 2 rings (SSSR count). The molecule has 0 bridgehead atoms. The third kappa shape index (κ3) is 4.65. The Kier molecular flexibility index (Phi) is 6.75. The van der Waals surface area contributed by atoms with Gasteiger partial charge in [0.1, 0.15) is 11.6 Å². The molecule has 1 aromatic rings. The van der Waals surface area contributed by atoms with Gasteiger partial charge in [-0.25, -0.2) is 4.39 Å². The Labute approximate surface area is 124 Å².